The lowest BCUT2D eigenvalue weighted by Gasteiger charge is -1.87. The zero-order valence-electron chi connectivity index (χ0n) is 4.44. The Hall–Kier alpha value is -1.70. The first-order chi connectivity index (χ1) is 4.34. The molecule has 0 bridgehead atoms. The molecule has 9 heavy (non-hydrogen) atoms. The molecule has 0 aromatic carbocycles. The highest BCUT2D eigenvalue weighted by atomic mass is 15.1. The molecule has 1 aromatic rings. The maximum absolute atomic E-state index is 8.25. The monoisotopic (exact) mass is 121 g/mol. The molecule has 1 heterocycles. The third-order valence-electron chi connectivity index (χ3n) is 0.755. The van der Waals surface area contributed by atoms with Crippen molar-refractivity contribution in [3.8, 4) is 6.07 Å². The third kappa shape index (κ3) is 0.912. The lowest BCUT2D eigenvalue weighted by Crippen LogP contribution is -1.98. The molecule has 1 rings (SSSR count). The van der Waals surface area contributed by atoms with Gasteiger partial charge in [0.15, 0.2) is 5.82 Å². The van der Waals surface area contributed by atoms with Crippen molar-refractivity contribution in [1.29, 1.82) is 5.26 Å². The minimum Gasteiger partial charge on any atom is -0.381 e. The van der Waals surface area contributed by atoms with E-state index < -0.39 is 0 Å². The summed E-state index contributed by atoms with van der Waals surface area (Å²) in [5.74, 6) is 0.118. The van der Waals surface area contributed by atoms with Gasteiger partial charge in [0, 0.05) is 0 Å². The second-order valence-electron chi connectivity index (χ2n) is 1.31. The van der Waals surface area contributed by atoms with E-state index in [1.54, 1.807) is 6.07 Å². The van der Waals surface area contributed by atoms with Crippen LogP contribution in [-0.4, -0.2) is 15.2 Å². The molecule has 0 aliphatic rings. The predicted molar refractivity (Wildman–Crippen MR) is 29.0 cm³/mol. The number of nitrogen functional groups attached to an aromatic ring is 1. The predicted octanol–water partition coefficient (Wildman–Crippen LogP) is -0.675. The van der Waals surface area contributed by atoms with Gasteiger partial charge >= 0.3 is 0 Å². The number of anilines is 1. The molecule has 0 unspecified atom stereocenters. The van der Waals surface area contributed by atoms with Crippen molar-refractivity contribution < 1.29 is 0 Å². The first-order valence-corrected chi connectivity index (χ1v) is 2.18. The molecule has 5 nitrogen and oxygen atoms in total. The van der Waals surface area contributed by atoms with E-state index in [0.717, 1.165) is 0 Å². The number of aromatic nitrogens is 3. The lowest BCUT2D eigenvalue weighted by molar-refractivity contribution is 0.958. The van der Waals surface area contributed by atoms with Crippen LogP contribution in [0.1, 0.15) is 5.69 Å². The first kappa shape index (κ1) is 5.44. The molecule has 0 amide bonds. The Balaban J connectivity index is 3.20. The fraction of sp³-hybridized carbons (Fsp3) is 0. The van der Waals surface area contributed by atoms with Gasteiger partial charge < -0.3 is 5.73 Å². The van der Waals surface area contributed by atoms with Gasteiger partial charge in [0.2, 0.25) is 5.69 Å². The van der Waals surface area contributed by atoms with Crippen LogP contribution in [0.25, 0.3) is 0 Å². The topological polar surface area (TPSA) is 88.5 Å². The van der Waals surface area contributed by atoms with Gasteiger partial charge in [-0.25, -0.2) is 4.98 Å². The van der Waals surface area contributed by atoms with Gasteiger partial charge in [-0.05, 0) is 0 Å². The normalized spacial score (nSPS) is 8.33. The highest BCUT2D eigenvalue weighted by Gasteiger charge is 1.96. The van der Waals surface area contributed by atoms with Crippen LogP contribution in [-0.2, 0) is 0 Å². The maximum Gasteiger partial charge on any atom is 0.205 e. The van der Waals surface area contributed by atoms with Gasteiger partial charge in [-0.1, -0.05) is 0 Å². The van der Waals surface area contributed by atoms with E-state index in [2.05, 4.69) is 15.2 Å². The molecule has 0 spiro atoms. The Kier molecular flexibility index (Phi) is 1.24. The SMILES string of the molecule is N#Cc1nncnc1N. The van der Waals surface area contributed by atoms with E-state index >= 15 is 0 Å². The summed E-state index contributed by atoms with van der Waals surface area (Å²) in [5, 5.41) is 15.0. The summed E-state index contributed by atoms with van der Waals surface area (Å²) in [7, 11) is 0. The van der Waals surface area contributed by atoms with Crippen molar-refractivity contribution in [2.75, 3.05) is 5.73 Å². The molecule has 0 fully saturated rings. The van der Waals surface area contributed by atoms with Crippen molar-refractivity contribution in [3.05, 3.63) is 12.0 Å². The van der Waals surface area contributed by atoms with Crippen LogP contribution in [0.3, 0.4) is 0 Å². The highest BCUT2D eigenvalue weighted by molar-refractivity contribution is 5.40. The molecule has 0 aliphatic heterocycles. The molecule has 0 atom stereocenters. The summed E-state index contributed by atoms with van der Waals surface area (Å²) in [6, 6.07) is 1.73. The van der Waals surface area contributed by atoms with Crippen LogP contribution in [0.4, 0.5) is 5.82 Å². The minimum atomic E-state index is 0.0671. The molecule has 5 heteroatoms. The molecular weight excluding hydrogens is 118 g/mol. The molecule has 2 N–H and O–H groups in total. The summed E-state index contributed by atoms with van der Waals surface area (Å²) in [6.07, 6.45) is 1.19. The van der Waals surface area contributed by atoms with Crippen molar-refractivity contribution in [2.24, 2.45) is 0 Å². The molecule has 0 saturated heterocycles. The molecule has 44 valence electrons. The van der Waals surface area contributed by atoms with Crippen LogP contribution in [0, 0.1) is 11.3 Å². The number of hydrogen-bond donors (Lipinski definition) is 1. The van der Waals surface area contributed by atoms with Crippen molar-refractivity contribution in [2.45, 2.75) is 0 Å². The van der Waals surface area contributed by atoms with E-state index in [1.807, 2.05) is 0 Å². The van der Waals surface area contributed by atoms with Gasteiger partial charge in [-0.3, -0.25) is 0 Å². The number of nitrogens with zero attached hydrogens (tertiary/aromatic N) is 4. The Morgan fingerprint density at radius 3 is 2.89 bits per heavy atom. The van der Waals surface area contributed by atoms with E-state index in [9.17, 15) is 0 Å². The smallest absolute Gasteiger partial charge is 0.205 e. The molecular formula is C4H3N5. The number of rotatable bonds is 0. The molecule has 0 saturated carbocycles. The fourth-order valence-electron chi connectivity index (χ4n) is 0.364. The highest BCUT2D eigenvalue weighted by Crippen LogP contribution is 1.96. The maximum atomic E-state index is 8.25. The Bertz CT molecular complexity index is 249. The fourth-order valence-corrected chi connectivity index (χ4v) is 0.364. The largest absolute Gasteiger partial charge is 0.381 e. The second kappa shape index (κ2) is 2.05. The average molecular weight is 121 g/mol. The van der Waals surface area contributed by atoms with E-state index in [4.69, 9.17) is 11.0 Å². The van der Waals surface area contributed by atoms with Crippen LogP contribution in [0.2, 0.25) is 0 Å². The Morgan fingerprint density at radius 2 is 2.44 bits per heavy atom. The number of hydrogen-bond acceptors (Lipinski definition) is 5. The summed E-state index contributed by atoms with van der Waals surface area (Å²) >= 11 is 0. The summed E-state index contributed by atoms with van der Waals surface area (Å²) in [6.45, 7) is 0. The summed E-state index contributed by atoms with van der Waals surface area (Å²) in [5.41, 5.74) is 5.26. The zero-order valence-corrected chi connectivity index (χ0v) is 4.44. The van der Waals surface area contributed by atoms with Crippen LogP contribution in [0.15, 0.2) is 6.33 Å². The summed E-state index contributed by atoms with van der Waals surface area (Å²) < 4.78 is 0. The van der Waals surface area contributed by atoms with E-state index in [-0.39, 0.29) is 11.5 Å². The van der Waals surface area contributed by atoms with Gasteiger partial charge in [0.05, 0.1) is 0 Å². The average Bonchev–Trinajstić information content (AvgIpc) is 1.89. The van der Waals surface area contributed by atoms with Crippen molar-refractivity contribution in [1.82, 2.24) is 15.2 Å². The Morgan fingerprint density at radius 1 is 1.67 bits per heavy atom. The van der Waals surface area contributed by atoms with Crippen molar-refractivity contribution in [3.63, 3.8) is 0 Å². The van der Waals surface area contributed by atoms with Gasteiger partial charge in [-0.2, -0.15) is 5.26 Å². The van der Waals surface area contributed by atoms with Crippen molar-refractivity contribution >= 4 is 5.82 Å². The lowest BCUT2D eigenvalue weighted by atomic mass is 10.5. The summed E-state index contributed by atoms with van der Waals surface area (Å²) in [4.78, 5) is 3.53. The van der Waals surface area contributed by atoms with E-state index in [0.29, 0.717) is 0 Å². The standard InChI is InChI=1S/C4H3N5/c5-1-3-4(6)7-2-8-9-3/h2H,(H2,6,7,8). The van der Waals surface area contributed by atoms with E-state index in [1.165, 1.54) is 6.33 Å². The second-order valence-corrected chi connectivity index (χ2v) is 1.31. The van der Waals surface area contributed by atoms with Crippen LogP contribution >= 0.6 is 0 Å². The zero-order chi connectivity index (χ0) is 6.69. The Labute approximate surface area is 51.2 Å². The first-order valence-electron chi connectivity index (χ1n) is 2.18. The van der Waals surface area contributed by atoms with Crippen LogP contribution < -0.4 is 5.73 Å². The third-order valence-corrected chi connectivity index (χ3v) is 0.755. The quantitative estimate of drug-likeness (QED) is 0.491. The number of nitrogens with two attached hydrogens (primary N) is 1. The number of nitriles is 1. The van der Waals surface area contributed by atoms with Crippen LogP contribution in [0.5, 0.6) is 0 Å². The van der Waals surface area contributed by atoms with Gasteiger partial charge in [0.1, 0.15) is 12.4 Å². The van der Waals surface area contributed by atoms with Gasteiger partial charge in [0.25, 0.3) is 0 Å². The molecule has 0 radical (unpaired) electrons. The molecule has 1 aromatic heterocycles. The van der Waals surface area contributed by atoms with Gasteiger partial charge in [-0.15, -0.1) is 10.2 Å². The molecule has 0 aliphatic carbocycles. The minimum absolute atomic E-state index is 0.0671.